The van der Waals surface area contributed by atoms with E-state index in [1.807, 2.05) is 6.08 Å². The number of carbonyl (C=O) groups is 2. The van der Waals surface area contributed by atoms with E-state index in [0.717, 1.165) is 64.2 Å². The Morgan fingerprint density at radius 3 is 1.24 bits per heavy atom. The minimum Gasteiger partial charge on any atom is -0.481 e. The van der Waals surface area contributed by atoms with Crippen LogP contribution in [0.1, 0.15) is 142 Å². The van der Waals surface area contributed by atoms with Crippen LogP contribution in [0.15, 0.2) is 97.2 Å². The van der Waals surface area contributed by atoms with Gasteiger partial charge in [-0.05, 0) is 103 Å². The van der Waals surface area contributed by atoms with Gasteiger partial charge in [0.2, 0.25) is 0 Å². The maximum atomic E-state index is 13.2. The van der Waals surface area contributed by atoms with Gasteiger partial charge in [-0.15, -0.1) is 0 Å². The second kappa shape index (κ2) is 28.5. The molecule has 1 rings (SSSR count). The molecule has 1 fully saturated rings. The summed E-state index contributed by atoms with van der Waals surface area (Å²) in [5.41, 5.74) is -0.413. The molecule has 0 aromatic rings. The molecule has 1 saturated carbocycles. The van der Waals surface area contributed by atoms with Crippen LogP contribution in [-0.2, 0) is 9.59 Å². The average molecular weight is 617 g/mol. The second-order valence-electron chi connectivity index (χ2n) is 12.3. The molecule has 1 unspecified atom stereocenters. The summed E-state index contributed by atoms with van der Waals surface area (Å²) in [4.78, 5) is 25.1. The van der Waals surface area contributed by atoms with Crippen molar-refractivity contribution >= 4 is 11.8 Å². The Labute approximate surface area is 276 Å². The van der Waals surface area contributed by atoms with Gasteiger partial charge in [-0.3, -0.25) is 9.59 Å². The number of allylic oxidation sites excluding steroid dienone is 16. The Morgan fingerprint density at radius 1 is 0.533 bits per heavy atom. The molecule has 0 aromatic heterocycles. The smallest absolute Gasteiger partial charge is 0.314 e. The van der Waals surface area contributed by atoms with Crippen molar-refractivity contribution in [2.75, 3.05) is 0 Å². The number of carboxylic acid groups (broad SMARTS) is 1. The van der Waals surface area contributed by atoms with Crippen molar-refractivity contribution in [3.05, 3.63) is 97.2 Å². The SMILES string of the molecule is CCCCC/C=C\C/C=C\C/C=C\C/C=C\CCC(C(=O)O)C(=O)C1(CC/C=C\C/C=C\C/C=C\C/C=C\CCCCC)CC1. The van der Waals surface area contributed by atoms with E-state index in [2.05, 4.69) is 105 Å². The Bertz CT molecular complexity index is 997. The van der Waals surface area contributed by atoms with Gasteiger partial charge < -0.3 is 5.11 Å². The first-order valence-electron chi connectivity index (χ1n) is 18.0. The lowest BCUT2D eigenvalue weighted by atomic mass is 9.84. The van der Waals surface area contributed by atoms with Gasteiger partial charge in [-0.25, -0.2) is 0 Å². The molecule has 0 aromatic carbocycles. The summed E-state index contributed by atoms with van der Waals surface area (Å²) in [5, 5.41) is 9.78. The predicted molar refractivity (Wildman–Crippen MR) is 195 cm³/mol. The maximum absolute atomic E-state index is 13.2. The lowest BCUT2D eigenvalue weighted by Gasteiger charge is -2.18. The summed E-state index contributed by atoms with van der Waals surface area (Å²) >= 11 is 0. The van der Waals surface area contributed by atoms with Crippen LogP contribution in [0.2, 0.25) is 0 Å². The number of unbranched alkanes of at least 4 members (excludes halogenated alkanes) is 6. The molecule has 0 heterocycles. The Kier molecular flexibility index (Phi) is 25.4. The molecular formula is C42H64O3. The van der Waals surface area contributed by atoms with Crippen molar-refractivity contribution < 1.29 is 14.7 Å². The minimum absolute atomic E-state index is 0.0539. The first kappa shape index (κ1) is 40.1. The number of carbonyl (C=O) groups excluding carboxylic acids is 1. The number of aliphatic carboxylic acids is 1. The third kappa shape index (κ3) is 22.3. The summed E-state index contributed by atoms with van der Waals surface area (Å²) in [6.45, 7) is 4.46. The second-order valence-corrected chi connectivity index (χ2v) is 12.3. The molecular weight excluding hydrogens is 552 g/mol. The molecule has 0 spiro atoms. The molecule has 3 nitrogen and oxygen atoms in total. The van der Waals surface area contributed by atoms with E-state index in [1.165, 1.54) is 51.4 Å². The number of hydrogen-bond acceptors (Lipinski definition) is 2. The fourth-order valence-electron chi connectivity index (χ4n) is 5.25. The van der Waals surface area contributed by atoms with Crippen molar-refractivity contribution in [2.24, 2.45) is 11.3 Å². The van der Waals surface area contributed by atoms with Crippen LogP contribution in [-0.4, -0.2) is 16.9 Å². The van der Waals surface area contributed by atoms with Crippen molar-refractivity contribution in [1.29, 1.82) is 0 Å². The number of hydrogen-bond donors (Lipinski definition) is 1. The lowest BCUT2D eigenvalue weighted by molar-refractivity contribution is -0.148. The molecule has 0 amide bonds. The van der Waals surface area contributed by atoms with Gasteiger partial charge in [0.25, 0.3) is 0 Å². The van der Waals surface area contributed by atoms with Gasteiger partial charge in [0.1, 0.15) is 5.92 Å². The minimum atomic E-state index is -0.972. The number of carboxylic acids is 1. The molecule has 3 heteroatoms. The number of Topliss-reactive ketones (excluding diaryl/α,β-unsaturated/α-hetero) is 1. The molecule has 0 aliphatic heterocycles. The molecule has 1 atom stereocenters. The molecule has 0 saturated heterocycles. The van der Waals surface area contributed by atoms with Crippen molar-refractivity contribution in [2.45, 2.75) is 142 Å². The van der Waals surface area contributed by atoms with Crippen molar-refractivity contribution in [3.8, 4) is 0 Å². The largest absolute Gasteiger partial charge is 0.481 e. The van der Waals surface area contributed by atoms with Crippen LogP contribution in [0.4, 0.5) is 0 Å². The Morgan fingerprint density at radius 2 is 0.889 bits per heavy atom. The van der Waals surface area contributed by atoms with Crippen LogP contribution < -0.4 is 0 Å². The van der Waals surface area contributed by atoms with Gasteiger partial charge in [-0.2, -0.15) is 0 Å². The summed E-state index contributed by atoms with van der Waals surface area (Å²) in [6.07, 6.45) is 54.9. The van der Waals surface area contributed by atoms with Crippen LogP contribution in [0.5, 0.6) is 0 Å². The highest BCUT2D eigenvalue weighted by atomic mass is 16.4. The van der Waals surface area contributed by atoms with E-state index in [1.54, 1.807) is 0 Å². The molecule has 1 aliphatic rings. The molecule has 1 aliphatic carbocycles. The maximum Gasteiger partial charge on any atom is 0.314 e. The Balaban J connectivity index is 2.22. The standard InChI is InChI=1S/C42H64O3/c1-3-5-7-9-11-13-15-17-19-21-23-25-27-29-31-33-35-39(41(44)45)40(43)42(37-38-42)36-34-32-30-28-26-24-22-20-18-16-14-12-10-8-6-4-2/h11-14,17-20,23-26,29-32,39H,3-10,15-16,21-22,27-28,33-38H2,1-2H3,(H,44,45)/b13-11-,14-12-,19-17-,20-18-,25-23-,26-24-,31-29-,32-30-. The third-order valence-electron chi connectivity index (χ3n) is 8.32. The quantitative estimate of drug-likeness (QED) is 0.0517. The highest BCUT2D eigenvalue weighted by Gasteiger charge is 2.52. The average Bonchev–Trinajstić information content (AvgIpc) is 3.83. The van der Waals surface area contributed by atoms with Crippen LogP contribution in [0.25, 0.3) is 0 Å². The van der Waals surface area contributed by atoms with E-state index < -0.39 is 17.3 Å². The van der Waals surface area contributed by atoms with Gasteiger partial charge in [-0.1, -0.05) is 137 Å². The van der Waals surface area contributed by atoms with Crippen molar-refractivity contribution in [3.63, 3.8) is 0 Å². The summed E-state index contributed by atoms with van der Waals surface area (Å²) in [5.74, 6) is -1.92. The van der Waals surface area contributed by atoms with E-state index >= 15 is 0 Å². The van der Waals surface area contributed by atoms with Gasteiger partial charge >= 0.3 is 5.97 Å². The molecule has 1 N–H and O–H groups in total. The predicted octanol–water partition coefficient (Wildman–Crippen LogP) is 12.5. The van der Waals surface area contributed by atoms with Gasteiger partial charge in [0.15, 0.2) is 5.78 Å². The van der Waals surface area contributed by atoms with Gasteiger partial charge in [0.05, 0.1) is 0 Å². The highest BCUT2D eigenvalue weighted by molar-refractivity contribution is 6.02. The van der Waals surface area contributed by atoms with E-state index in [0.29, 0.717) is 12.8 Å². The van der Waals surface area contributed by atoms with Crippen LogP contribution >= 0.6 is 0 Å². The van der Waals surface area contributed by atoms with Crippen LogP contribution in [0.3, 0.4) is 0 Å². The number of rotatable bonds is 29. The van der Waals surface area contributed by atoms with E-state index in [4.69, 9.17) is 0 Å². The zero-order chi connectivity index (χ0) is 32.7. The van der Waals surface area contributed by atoms with E-state index in [-0.39, 0.29) is 5.78 Å². The molecule has 250 valence electrons. The topological polar surface area (TPSA) is 54.4 Å². The highest BCUT2D eigenvalue weighted by Crippen LogP contribution is 2.52. The third-order valence-corrected chi connectivity index (χ3v) is 8.32. The lowest BCUT2D eigenvalue weighted by Crippen LogP contribution is -2.31. The molecule has 45 heavy (non-hydrogen) atoms. The first-order valence-corrected chi connectivity index (χ1v) is 18.0. The van der Waals surface area contributed by atoms with E-state index in [9.17, 15) is 14.7 Å². The fraction of sp³-hybridized carbons (Fsp3) is 0.571. The fourth-order valence-corrected chi connectivity index (χ4v) is 5.25. The zero-order valence-corrected chi connectivity index (χ0v) is 28.7. The summed E-state index contributed by atoms with van der Waals surface area (Å²) in [7, 11) is 0. The molecule has 0 bridgehead atoms. The van der Waals surface area contributed by atoms with Gasteiger partial charge in [0, 0.05) is 5.41 Å². The summed E-state index contributed by atoms with van der Waals surface area (Å²) < 4.78 is 0. The summed E-state index contributed by atoms with van der Waals surface area (Å²) in [6, 6.07) is 0. The Hall–Kier alpha value is -2.94. The van der Waals surface area contributed by atoms with Crippen molar-refractivity contribution in [1.82, 2.24) is 0 Å². The monoisotopic (exact) mass is 616 g/mol. The number of ketones is 1. The normalized spacial score (nSPS) is 16.0. The molecule has 0 radical (unpaired) electrons. The zero-order valence-electron chi connectivity index (χ0n) is 28.7. The van der Waals surface area contributed by atoms with Crippen LogP contribution in [0, 0.1) is 11.3 Å². The first-order chi connectivity index (χ1) is 22.1.